The molecule has 0 heterocycles. The van der Waals surface area contributed by atoms with Crippen LogP contribution in [-0.2, 0) is 4.79 Å². The minimum absolute atomic E-state index is 0.343. The summed E-state index contributed by atoms with van der Waals surface area (Å²) in [6, 6.07) is 7.81. The predicted octanol–water partition coefficient (Wildman–Crippen LogP) is 2.01. The van der Waals surface area contributed by atoms with Crippen molar-refractivity contribution in [2.24, 2.45) is 0 Å². The number of thioether (sulfide) groups is 1. The number of hydrogen-bond acceptors (Lipinski definition) is 3. The van der Waals surface area contributed by atoms with Gasteiger partial charge < -0.3 is 10.4 Å². The number of aliphatic carboxylic acids is 1. The molecule has 1 atom stereocenters. The predicted molar refractivity (Wildman–Crippen MR) is 72.9 cm³/mol. The van der Waals surface area contributed by atoms with Crippen molar-refractivity contribution < 1.29 is 14.7 Å². The molecule has 0 aromatic heterocycles. The second kappa shape index (κ2) is 7.76. The summed E-state index contributed by atoms with van der Waals surface area (Å²) in [5, 5.41) is 11.6. The van der Waals surface area contributed by atoms with E-state index in [1.54, 1.807) is 36.0 Å². The molecule has 0 aliphatic heterocycles. The zero-order chi connectivity index (χ0) is 13.4. The van der Waals surface area contributed by atoms with Crippen molar-refractivity contribution in [1.82, 2.24) is 5.32 Å². The SMILES string of the molecule is CCSCC[C@@H](NC(=O)c1ccccc1)C(=O)O. The van der Waals surface area contributed by atoms with E-state index in [0.717, 1.165) is 11.5 Å². The van der Waals surface area contributed by atoms with E-state index in [-0.39, 0.29) is 5.91 Å². The Labute approximate surface area is 111 Å². The molecule has 4 nitrogen and oxygen atoms in total. The quantitative estimate of drug-likeness (QED) is 0.742. The fraction of sp³-hybridized carbons (Fsp3) is 0.385. The molecule has 0 bridgehead atoms. The van der Waals surface area contributed by atoms with E-state index in [9.17, 15) is 9.59 Å². The van der Waals surface area contributed by atoms with Crippen LogP contribution in [-0.4, -0.2) is 34.5 Å². The highest BCUT2D eigenvalue weighted by molar-refractivity contribution is 7.99. The summed E-state index contributed by atoms with van der Waals surface area (Å²) >= 11 is 1.66. The molecule has 0 saturated heterocycles. The number of nitrogens with one attached hydrogen (secondary N) is 1. The average Bonchev–Trinajstić information content (AvgIpc) is 2.38. The largest absolute Gasteiger partial charge is 0.480 e. The third kappa shape index (κ3) is 4.79. The Balaban J connectivity index is 2.55. The molecular formula is C13H17NO3S. The Hall–Kier alpha value is -1.49. The van der Waals surface area contributed by atoms with Crippen LogP contribution in [0.4, 0.5) is 0 Å². The molecule has 1 rings (SSSR count). The number of carboxylic acid groups (broad SMARTS) is 1. The number of amides is 1. The number of benzene rings is 1. The van der Waals surface area contributed by atoms with Crippen LogP contribution in [0, 0.1) is 0 Å². The van der Waals surface area contributed by atoms with E-state index in [0.29, 0.717) is 12.0 Å². The first-order chi connectivity index (χ1) is 8.65. The van der Waals surface area contributed by atoms with Crippen LogP contribution in [0.15, 0.2) is 30.3 Å². The van der Waals surface area contributed by atoms with Gasteiger partial charge in [0, 0.05) is 5.56 Å². The number of hydrogen-bond donors (Lipinski definition) is 2. The van der Waals surface area contributed by atoms with Crippen molar-refractivity contribution in [1.29, 1.82) is 0 Å². The van der Waals surface area contributed by atoms with Crippen molar-refractivity contribution in [3.63, 3.8) is 0 Å². The van der Waals surface area contributed by atoms with Gasteiger partial charge in [0.1, 0.15) is 6.04 Å². The fourth-order valence-corrected chi connectivity index (χ4v) is 2.13. The molecule has 1 aromatic rings. The van der Waals surface area contributed by atoms with Crippen LogP contribution in [0.3, 0.4) is 0 Å². The Morgan fingerprint density at radius 1 is 1.33 bits per heavy atom. The topological polar surface area (TPSA) is 66.4 Å². The van der Waals surface area contributed by atoms with E-state index in [1.165, 1.54) is 0 Å². The zero-order valence-corrected chi connectivity index (χ0v) is 11.1. The molecule has 1 aromatic carbocycles. The molecule has 2 N–H and O–H groups in total. The van der Waals surface area contributed by atoms with Crippen LogP contribution in [0.1, 0.15) is 23.7 Å². The summed E-state index contributed by atoms with van der Waals surface area (Å²) in [6.45, 7) is 2.02. The lowest BCUT2D eigenvalue weighted by molar-refractivity contribution is -0.139. The second-order valence-electron chi connectivity index (χ2n) is 3.72. The molecule has 18 heavy (non-hydrogen) atoms. The molecule has 0 spiro atoms. The minimum atomic E-state index is -0.990. The third-order valence-corrected chi connectivity index (χ3v) is 3.33. The third-order valence-electron chi connectivity index (χ3n) is 2.39. The Kier molecular flexibility index (Phi) is 6.28. The molecule has 0 radical (unpaired) electrons. The van der Waals surface area contributed by atoms with Crippen molar-refractivity contribution in [3.8, 4) is 0 Å². The molecule has 98 valence electrons. The van der Waals surface area contributed by atoms with Crippen LogP contribution >= 0.6 is 11.8 Å². The van der Waals surface area contributed by atoms with Gasteiger partial charge in [0.05, 0.1) is 0 Å². The molecule has 1 amide bonds. The lowest BCUT2D eigenvalue weighted by Crippen LogP contribution is -2.41. The first-order valence-corrected chi connectivity index (χ1v) is 6.97. The highest BCUT2D eigenvalue weighted by atomic mass is 32.2. The first kappa shape index (κ1) is 14.6. The van der Waals surface area contributed by atoms with Gasteiger partial charge in [-0.25, -0.2) is 4.79 Å². The molecule has 0 aliphatic carbocycles. The van der Waals surface area contributed by atoms with Crippen molar-refractivity contribution >= 4 is 23.6 Å². The van der Waals surface area contributed by atoms with Crippen LogP contribution in [0.25, 0.3) is 0 Å². The standard InChI is InChI=1S/C13H17NO3S/c1-2-18-9-8-11(13(16)17)14-12(15)10-6-4-3-5-7-10/h3-7,11H,2,8-9H2,1H3,(H,14,15)(H,16,17)/t11-/m1/s1. The van der Waals surface area contributed by atoms with E-state index in [4.69, 9.17) is 5.11 Å². The average molecular weight is 267 g/mol. The van der Waals surface area contributed by atoms with Crippen LogP contribution in [0.5, 0.6) is 0 Å². The smallest absolute Gasteiger partial charge is 0.326 e. The van der Waals surface area contributed by atoms with Crippen molar-refractivity contribution in [2.45, 2.75) is 19.4 Å². The first-order valence-electron chi connectivity index (χ1n) is 5.81. The van der Waals surface area contributed by atoms with Gasteiger partial charge in [-0.3, -0.25) is 4.79 Å². The maximum atomic E-state index is 11.8. The zero-order valence-electron chi connectivity index (χ0n) is 10.3. The van der Waals surface area contributed by atoms with Crippen molar-refractivity contribution in [2.75, 3.05) is 11.5 Å². The Morgan fingerprint density at radius 3 is 2.56 bits per heavy atom. The summed E-state index contributed by atoms with van der Waals surface area (Å²) in [7, 11) is 0. The maximum Gasteiger partial charge on any atom is 0.326 e. The number of carbonyl (C=O) groups is 2. The Bertz CT molecular complexity index is 394. The van der Waals surface area contributed by atoms with E-state index < -0.39 is 12.0 Å². The molecule has 0 aliphatic rings. The maximum absolute atomic E-state index is 11.8. The van der Waals surface area contributed by atoms with Gasteiger partial charge in [-0.05, 0) is 30.1 Å². The van der Waals surface area contributed by atoms with Gasteiger partial charge in [0.2, 0.25) is 0 Å². The van der Waals surface area contributed by atoms with Gasteiger partial charge in [0.15, 0.2) is 0 Å². The highest BCUT2D eigenvalue weighted by Crippen LogP contribution is 2.06. The van der Waals surface area contributed by atoms with Gasteiger partial charge in [-0.2, -0.15) is 11.8 Å². The van der Waals surface area contributed by atoms with Crippen LogP contribution < -0.4 is 5.32 Å². The Morgan fingerprint density at radius 2 is 2.00 bits per heavy atom. The highest BCUT2D eigenvalue weighted by Gasteiger charge is 2.19. The molecule has 0 fully saturated rings. The van der Waals surface area contributed by atoms with Gasteiger partial charge >= 0.3 is 5.97 Å². The van der Waals surface area contributed by atoms with Gasteiger partial charge in [0.25, 0.3) is 5.91 Å². The normalized spacial score (nSPS) is 11.8. The number of carbonyl (C=O) groups excluding carboxylic acids is 1. The van der Waals surface area contributed by atoms with Crippen LogP contribution in [0.2, 0.25) is 0 Å². The summed E-state index contributed by atoms with van der Waals surface area (Å²) in [6.07, 6.45) is 0.437. The van der Waals surface area contributed by atoms with E-state index in [1.807, 2.05) is 13.0 Å². The molecule has 0 unspecified atom stereocenters. The van der Waals surface area contributed by atoms with Crippen molar-refractivity contribution in [3.05, 3.63) is 35.9 Å². The van der Waals surface area contributed by atoms with Gasteiger partial charge in [-0.1, -0.05) is 25.1 Å². The summed E-state index contributed by atoms with van der Waals surface area (Å²) < 4.78 is 0. The monoisotopic (exact) mass is 267 g/mol. The molecule has 5 heteroatoms. The van der Waals surface area contributed by atoms with E-state index in [2.05, 4.69) is 5.32 Å². The molecule has 0 saturated carbocycles. The van der Waals surface area contributed by atoms with E-state index >= 15 is 0 Å². The minimum Gasteiger partial charge on any atom is -0.480 e. The summed E-state index contributed by atoms with van der Waals surface area (Å²) in [5.41, 5.74) is 0.479. The summed E-state index contributed by atoms with van der Waals surface area (Å²) in [4.78, 5) is 22.8. The second-order valence-corrected chi connectivity index (χ2v) is 5.11. The molecular weight excluding hydrogens is 250 g/mol. The lowest BCUT2D eigenvalue weighted by atomic mass is 10.1. The number of rotatable bonds is 7. The lowest BCUT2D eigenvalue weighted by Gasteiger charge is -2.14. The fourth-order valence-electron chi connectivity index (χ4n) is 1.43. The number of carboxylic acids is 1. The van der Waals surface area contributed by atoms with Gasteiger partial charge in [-0.15, -0.1) is 0 Å². The summed E-state index contributed by atoms with van der Waals surface area (Å²) in [5.74, 6) is 0.335.